The second-order valence-electron chi connectivity index (χ2n) is 6.19. The van der Waals surface area contributed by atoms with E-state index in [1.807, 2.05) is 11.7 Å². The van der Waals surface area contributed by atoms with E-state index >= 15 is 0 Å². The summed E-state index contributed by atoms with van der Waals surface area (Å²) < 4.78 is 5.16. The van der Waals surface area contributed by atoms with E-state index in [0.29, 0.717) is 5.92 Å². The van der Waals surface area contributed by atoms with Crippen molar-refractivity contribution in [3.8, 4) is 0 Å². The van der Waals surface area contributed by atoms with Crippen LogP contribution in [0.4, 0.5) is 0 Å². The zero-order valence-corrected chi connectivity index (χ0v) is 20.6. The monoisotopic (exact) mass is 733 g/mol. The van der Waals surface area contributed by atoms with Crippen LogP contribution in [0.25, 0.3) is 0 Å². The Balaban J connectivity index is 0.000000177. The molecule has 24 heavy (non-hydrogen) atoms. The van der Waals surface area contributed by atoms with Crippen LogP contribution in [-0.4, -0.2) is 16.1 Å². The Morgan fingerprint density at radius 1 is 1.21 bits per heavy atom. The summed E-state index contributed by atoms with van der Waals surface area (Å²) in [7, 11) is 2.02. The number of nitrogens with one attached hydrogen (secondary N) is 1. The van der Waals surface area contributed by atoms with E-state index in [2.05, 4.69) is 108 Å². The maximum atomic E-state index is 4.53. The van der Waals surface area contributed by atoms with E-state index in [4.69, 9.17) is 0 Å². The summed E-state index contributed by atoms with van der Waals surface area (Å²) >= 11 is 6.80. The summed E-state index contributed by atoms with van der Waals surface area (Å²) in [6.45, 7) is 3.11. The zero-order chi connectivity index (χ0) is 17.5. The molecule has 1 aliphatic carbocycles. The van der Waals surface area contributed by atoms with Gasteiger partial charge in [-0.2, -0.15) is 1.33 Å². The summed E-state index contributed by atoms with van der Waals surface area (Å²) in [6.07, 6.45) is 6.76. The molecular weight excluding hydrogens is 709 g/mol. The number of hydrogen-bond acceptors (Lipinski definition) is 2. The van der Waals surface area contributed by atoms with Gasteiger partial charge in [-0.1, -0.05) is 29.8 Å². The van der Waals surface area contributed by atoms with Crippen molar-refractivity contribution in [3.63, 3.8) is 0 Å². The van der Waals surface area contributed by atoms with Gasteiger partial charge in [-0.05, 0) is 12.5 Å². The van der Waals surface area contributed by atoms with Crippen molar-refractivity contribution in [2.75, 3.05) is 0 Å². The van der Waals surface area contributed by atoms with Crippen molar-refractivity contribution in [2.45, 2.75) is 51.5 Å². The fourth-order valence-corrected chi connectivity index (χ4v) is 3.99. The molecule has 2 aromatic rings. The molecule has 0 saturated heterocycles. The van der Waals surface area contributed by atoms with Gasteiger partial charge in [-0.15, -0.1) is 0 Å². The molecule has 7 heteroatoms. The normalized spacial score (nSPS) is 15.3. The molecule has 0 aliphatic heterocycles. The third kappa shape index (κ3) is 7.00. The van der Waals surface area contributed by atoms with Gasteiger partial charge in [0.25, 0.3) is 0 Å². The molecule has 1 aromatic heterocycles. The number of aryl methyl sites for hydroxylation is 2. The zero-order valence-electron chi connectivity index (χ0n) is 14.0. The number of rotatable bonds is 3. The molecule has 1 heterocycles. The predicted octanol–water partition coefficient (Wildman–Crippen LogP) is 5.37. The van der Waals surface area contributed by atoms with E-state index in [9.17, 15) is 0 Å². The average molecular weight is 733 g/mol. The molecule has 1 aliphatic rings. The van der Waals surface area contributed by atoms with Crippen LogP contribution in [0.3, 0.4) is 0 Å². The number of benzene rings is 1. The summed E-state index contributed by atoms with van der Waals surface area (Å²) in [5.74, 6) is 1.87. The van der Waals surface area contributed by atoms with Gasteiger partial charge in [-0.25, -0.2) is 0 Å². The van der Waals surface area contributed by atoms with Crippen LogP contribution < -0.4 is 0 Å². The first kappa shape index (κ1) is 20.8. The van der Waals surface area contributed by atoms with Gasteiger partial charge in [0.15, 0.2) is 0 Å². The first-order chi connectivity index (χ1) is 11.5. The molecule has 3 rings (SSSR count). The molecule has 0 amide bonds. The number of nitrogens with zero attached hydrogens (tertiary/aromatic N) is 3. The predicted molar refractivity (Wildman–Crippen MR) is 111 cm³/mol. The quantitative estimate of drug-likeness (QED) is 0.341. The second kappa shape index (κ2) is 10.6. The molecular formula is C17H24I2N4Pt. The number of hydrogen-bond donors (Lipinski definition) is 1. The van der Waals surface area contributed by atoms with Crippen molar-refractivity contribution >= 4 is 45.7 Å². The summed E-state index contributed by atoms with van der Waals surface area (Å²) in [6, 6.07) is 8.62. The topological polar surface area (TPSA) is 36.9 Å². The van der Waals surface area contributed by atoms with E-state index in [1.54, 1.807) is 0 Å². The Morgan fingerprint density at radius 2 is 1.83 bits per heavy atom. The van der Waals surface area contributed by atoms with E-state index in [-0.39, 0.29) is 0 Å². The van der Waals surface area contributed by atoms with Crippen molar-refractivity contribution in [3.05, 3.63) is 45.0 Å². The maximum absolute atomic E-state index is 4.53. The first-order valence-corrected chi connectivity index (χ1v) is 11.2. The van der Waals surface area contributed by atoms with Gasteiger partial charge >= 0.3 is 88.8 Å². The third-order valence-electron chi connectivity index (χ3n) is 4.16. The SMILES string of the molecule is Cc1ccc(CN(I)I)cc1.Cn1[nH]c(C2CCCCC2)n[c]1=[Pt]. The van der Waals surface area contributed by atoms with Crippen LogP contribution >= 0.6 is 45.7 Å². The minimum absolute atomic E-state index is 0.684. The molecule has 0 spiro atoms. The number of aromatic amines is 1. The third-order valence-corrected chi connectivity index (χ3v) is 5.86. The Labute approximate surface area is 183 Å². The average Bonchev–Trinajstić information content (AvgIpc) is 2.90. The van der Waals surface area contributed by atoms with Gasteiger partial charge in [0.05, 0.1) is 0 Å². The molecule has 0 atom stereocenters. The molecule has 0 unspecified atom stereocenters. The molecule has 1 N–H and O–H groups in total. The second-order valence-corrected chi connectivity index (χ2v) is 11.4. The van der Waals surface area contributed by atoms with Crippen LogP contribution in [0.5, 0.6) is 0 Å². The van der Waals surface area contributed by atoms with Gasteiger partial charge in [-0.3, -0.25) is 0 Å². The standard InChI is InChI=1S/C9H15N3.C8H9I2N.Pt/c1-12-7-10-9(11-12)8-5-3-2-4-6-8;1-7-2-4-8(5-3-7)6-11(9)10;/h8H,2-6H2,1H3,(H,10,11);2-5H,6H2,1H3;. The van der Waals surface area contributed by atoms with Crippen LogP contribution in [0.1, 0.15) is 55.0 Å². The molecule has 1 fully saturated rings. The van der Waals surface area contributed by atoms with Crippen molar-refractivity contribution in [1.29, 1.82) is 0 Å². The fraction of sp³-hybridized carbons (Fsp3) is 0.529. The Hall–Kier alpha value is 0.468. The number of aromatic nitrogens is 3. The van der Waals surface area contributed by atoms with Gasteiger partial charge < -0.3 is 0 Å². The van der Waals surface area contributed by atoms with Crippen LogP contribution in [-0.2, 0) is 32.9 Å². The molecule has 1 saturated carbocycles. The number of H-pyrrole nitrogens is 1. The van der Waals surface area contributed by atoms with Crippen molar-refractivity contribution in [1.82, 2.24) is 16.1 Å². The molecule has 1 aromatic carbocycles. The molecule has 0 radical (unpaired) electrons. The van der Waals surface area contributed by atoms with Gasteiger partial charge in [0, 0.05) is 52.3 Å². The minimum atomic E-state index is 0.684. The Morgan fingerprint density at radius 3 is 2.33 bits per heavy atom. The van der Waals surface area contributed by atoms with Crippen molar-refractivity contribution in [2.24, 2.45) is 7.05 Å². The summed E-state index contributed by atoms with van der Waals surface area (Å²) in [4.78, 5) is 4.53. The van der Waals surface area contributed by atoms with Gasteiger partial charge in [0.1, 0.15) is 0 Å². The molecule has 0 bridgehead atoms. The Bertz CT molecular complexity index is 673. The first-order valence-electron chi connectivity index (χ1n) is 8.18. The van der Waals surface area contributed by atoms with Crippen LogP contribution in [0, 0.1) is 10.7 Å². The molecule has 136 valence electrons. The van der Waals surface area contributed by atoms with E-state index < -0.39 is 0 Å². The summed E-state index contributed by atoms with van der Waals surface area (Å²) in [5, 5.41) is 3.31. The summed E-state index contributed by atoms with van der Waals surface area (Å²) in [5.41, 5.74) is 2.68. The van der Waals surface area contributed by atoms with E-state index in [0.717, 1.165) is 10.3 Å². The van der Waals surface area contributed by atoms with Gasteiger partial charge in [0.2, 0.25) is 0 Å². The van der Waals surface area contributed by atoms with Crippen LogP contribution in [0.15, 0.2) is 24.3 Å². The molecule has 4 nitrogen and oxygen atoms in total. The number of halogens is 2. The van der Waals surface area contributed by atoms with E-state index in [1.165, 1.54) is 49.1 Å². The van der Waals surface area contributed by atoms with Crippen LogP contribution in [0.2, 0.25) is 0 Å². The fourth-order valence-electron chi connectivity index (χ4n) is 2.80. The van der Waals surface area contributed by atoms with Crippen molar-refractivity contribution < 1.29 is 19.4 Å². The Kier molecular flexibility index (Phi) is 9.16.